The SMILES string of the molecule is C[CH]Cn1cccc1. The van der Waals surface area contributed by atoms with Crippen LogP contribution in [0.2, 0.25) is 0 Å². The van der Waals surface area contributed by atoms with Gasteiger partial charge < -0.3 is 4.57 Å². The average molecular weight is 108 g/mol. The Bertz CT molecular complexity index is 130. The van der Waals surface area contributed by atoms with E-state index in [-0.39, 0.29) is 0 Å². The molecule has 0 atom stereocenters. The van der Waals surface area contributed by atoms with Crippen molar-refractivity contribution in [2.45, 2.75) is 13.5 Å². The minimum atomic E-state index is 1.02. The Hall–Kier alpha value is -0.720. The molecule has 1 radical (unpaired) electrons. The van der Waals surface area contributed by atoms with Gasteiger partial charge in [-0.3, -0.25) is 0 Å². The van der Waals surface area contributed by atoms with Crippen LogP contribution in [0.25, 0.3) is 0 Å². The second-order valence-electron chi connectivity index (χ2n) is 1.79. The Balaban J connectivity index is 2.50. The van der Waals surface area contributed by atoms with Gasteiger partial charge in [-0.05, 0) is 18.6 Å². The highest BCUT2D eigenvalue weighted by atomic mass is 14.9. The summed E-state index contributed by atoms with van der Waals surface area (Å²) in [5.74, 6) is 0. The zero-order chi connectivity index (χ0) is 5.82. The van der Waals surface area contributed by atoms with Crippen molar-refractivity contribution in [2.24, 2.45) is 0 Å². The first kappa shape index (κ1) is 5.42. The van der Waals surface area contributed by atoms with Crippen LogP contribution in [-0.4, -0.2) is 4.57 Å². The molecule has 0 aliphatic carbocycles. The molecule has 1 aromatic rings. The highest BCUT2D eigenvalue weighted by molar-refractivity contribution is 4.90. The fourth-order valence-electron chi connectivity index (χ4n) is 0.703. The van der Waals surface area contributed by atoms with Gasteiger partial charge in [0.2, 0.25) is 0 Å². The molecule has 0 unspecified atom stereocenters. The smallest absolute Gasteiger partial charge is 0.0248 e. The molecule has 0 N–H and O–H groups in total. The van der Waals surface area contributed by atoms with Gasteiger partial charge in [0.1, 0.15) is 0 Å². The summed E-state index contributed by atoms with van der Waals surface area (Å²) in [7, 11) is 0. The van der Waals surface area contributed by atoms with E-state index in [1.807, 2.05) is 12.1 Å². The van der Waals surface area contributed by atoms with E-state index < -0.39 is 0 Å². The van der Waals surface area contributed by atoms with Gasteiger partial charge in [-0.2, -0.15) is 0 Å². The molecule has 1 heterocycles. The quantitative estimate of drug-likeness (QED) is 0.543. The molecule has 1 rings (SSSR count). The fourth-order valence-corrected chi connectivity index (χ4v) is 0.703. The predicted molar refractivity (Wildman–Crippen MR) is 34.4 cm³/mol. The lowest BCUT2D eigenvalue weighted by molar-refractivity contribution is 0.786. The topological polar surface area (TPSA) is 4.93 Å². The average Bonchev–Trinajstić information content (AvgIpc) is 2.19. The van der Waals surface area contributed by atoms with Gasteiger partial charge in [0.25, 0.3) is 0 Å². The molecule has 1 heteroatoms. The summed E-state index contributed by atoms with van der Waals surface area (Å²) in [4.78, 5) is 0. The summed E-state index contributed by atoms with van der Waals surface area (Å²) in [6, 6.07) is 4.06. The lowest BCUT2D eigenvalue weighted by Gasteiger charge is -1.94. The van der Waals surface area contributed by atoms with Crippen LogP contribution in [0.15, 0.2) is 24.5 Å². The first-order valence-corrected chi connectivity index (χ1v) is 2.82. The van der Waals surface area contributed by atoms with Crippen molar-refractivity contribution in [2.75, 3.05) is 0 Å². The highest BCUT2D eigenvalue weighted by Gasteiger charge is 1.81. The molecule has 0 amide bonds. The molecule has 0 aliphatic rings. The van der Waals surface area contributed by atoms with Gasteiger partial charge in [-0.25, -0.2) is 0 Å². The maximum atomic E-state index is 2.12. The van der Waals surface area contributed by atoms with E-state index in [2.05, 4.69) is 30.3 Å². The van der Waals surface area contributed by atoms with E-state index in [1.54, 1.807) is 0 Å². The Morgan fingerprint density at radius 1 is 1.38 bits per heavy atom. The monoisotopic (exact) mass is 108 g/mol. The molecule has 0 aliphatic heterocycles. The van der Waals surface area contributed by atoms with E-state index >= 15 is 0 Å². The fraction of sp³-hybridized carbons (Fsp3) is 0.286. The standard InChI is InChI=1S/C7H10N/c1-2-5-8-6-3-4-7-8/h2-4,6-7H,5H2,1H3. The highest BCUT2D eigenvalue weighted by Crippen LogP contribution is 1.89. The van der Waals surface area contributed by atoms with E-state index in [9.17, 15) is 0 Å². The molecule has 43 valence electrons. The van der Waals surface area contributed by atoms with Crippen molar-refractivity contribution in [3.05, 3.63) is 30.9 Å². The summed E-state index contributed by atoms with van der Waals surface area (Å²) in [5, 5.41) is 0. The van der Waals surface area contributed by atoms with Crippen LogP contribution in [0.4, 0.5) is 0 Å². The Labute approximate surface area is 49.9 Å². The second kappa shape index (κ2) is 2.55. The summed E-state index contributed by atoms with van der Waals surface area (Å²) in [6.07, 6.45) is 6.24. The van der Waals surface area contributed by atoms with E-state index in [0.29, 0.717) is 0 Å². The molecule has 0 fully saturated rings. The number of hydrogen-bond acceptors (Lipinski definition) is 0. The molecule has 0 saturated heterocycles. The van der Waals surface area contributed by atoms with Gasteiger partial charge in [0.15, 0.2) is 0 Å². The molecule has 8 heavy (non-hydrogen) atoms. The largest absolute Gasteiger partial charge is 0.354 e. The van der Waals surface area contributed by atoms with Crippen LogP contribution >= 0.6 is 0 Å². The molecule has 0 spiro atoms. The number of rotatable bonds is 2. The van der Waals surface area contributed by atoms with Crippen LogP contribution in [0.5, 0.6) is 0 Å². The van der Waals surface area contributed by atoms with Crippen molar-refractivity contribution in [3.8, 4) is 0 Å². The zero-order valence-electron chi connectivity index (χ0n) is 5.04. The van der Waals surface area contributed by atoms with Crippen LogP contribution < -0.4 is 0 Å². The third-order valence-electron chi connectivity index (χ3n) is 1.06. The van der Waals surface area contributed by atoms with Gasteiger partial charge >= 0.3 is 0 Å². The normalized spacial score (nSPS) is 9.62. The van der Waals surface area contributed by atoms with Gasteiger partial charge in [0.05, 0.1) is 0 Å². The molecule has 1 aromatic heterocycles. The Kier molecular flexibility index (Phi) is 1.73. The molecular weight excluding hydrogens is 98.1 g/mol. The van der Waals surface area contributed by atoms with Crippen LogP contribution in [0, 0.1) is 6.42 Å². The number of nitrogens with zero attached hydrogens (tertiary/aromatic N) is 1. The molecule has 1 nitrogen and oxygen atoms in total. The third kappa shape index (κ3) is 1.12. The van der Waals surface area contributed by atoms with Gasteiger partial charge in [-0.1, -0.05) is 6.92 Å². The van der Waals surface area contributed by atoms with E-state index in [4.69, 9.17) is 0 Å². The van der Waals surface area contributed by atoms with E-state index in [0.717, 1.165) is 6.54 Å². The first-order valence-electron chi connectivity index (χ1n) is 2.82. The minimum Gasteiger partial charge on any atom is -0.354 e. The van der Waals surface area contributed by atoms with Crippen molar-refractivity contribution in [3.63, 3.8) is 0 Å². The van der Waals surface area contributed by atoms with Crippen molar-refractivity contribution < 1.29 is 0 Å². The zero-order valence-corrected chi connectivity index (χ0v) is 5.04. The van der Waals surface area contributed by atoms with Gasteiger partial charge in [-0.15, -0.1) is 0 Å². The minimum absolute atomic E-state index is 1.02. The Morgan fingerprint density at radius 3 is 2.50 bits per heavy atom. The molecular formula is C7H10N. The predicted octanol–water partition coefficient (Wildman–Crippen LogP) is 1.71. The first-order chi connectivity index (χ1) is 3.93. The summed E-state index contributed by atoms with van der Waals surface area (Å²) in [6.45, 7) is 3.08. The van der Waals surface area contributed by atoms with Crippen LogP contribution in [-0.2, 0) is 6.54 Å². The van der Waals surface area contributed by atoms with Crippen molar-refractivity contribution in [1.29, 1.82) is 0 Å². The van der Waals surface area contributed by atoms with Crippen LogP contribution in [0.1, 0.15) is 6.92 Å². The number of hydrogen-bond donors (Lipinski definition) is 0. The van der Waals surface area contributed by atoms with Crippen LogP contribution in [0.3, 0.4) is 0 Å². The molecule has 0 aromatic carbocycles. The lowest BCUT2D eigenvalue weighted by Crippen LogP contribution is -1.90. The lowest BCUT2D eigenvalue weighted by atomic mass is 10.5. The summed E-state index contributed by atoms with van der Waals surface area (Å²) < 4.78 is 2.12. The van der Waals surface area contributed by atoms with Gasteiger partial charge in [0, 0.05) is 18.9 Å². The van der Waals surface area contributed by atoms with E-state index in [1.165, 1.54) is 0 Å². The molecule has 0 bridgehead atoms. The third-order valence-corrected chi connectivity index (χ3v) is 1.06. The van der Waals surface area contributed by atoms with Crippen molar-refractivity contribution in [1.82, 2.24) is 4.57 Å². The second-order valence-corrected chi connectivity index (χ2v) is 1.79. The molecule has 0 saturated carbocycles. The summed E-state index contributed by atoms with van der Waals surface area (Å²) >= 11 is 0. The maximum absolute atomic E-state index is 2.12. The Morgan fingerprint density at radius 2 is 2.00 bits per heavy atom. The maximum Gasteiger partial charge on any atom is 0.0248 e. The summed E-state index contributed by atoms with van der Waals surface area (Å²) in [5.41, 5.74) is 0. The van der Waals surface area contributed by atoms with Crippen molar-refractivity contribution >= 4 is 0 Å². The number of aromatic nitrogens is 1.